The van der Waals surface area contributed by atoms with Crippen molar-refractivity contribution in [1.82, 2.24) is 15.4 Å². The first-order valence-electron chi connectivity index (χ1n) is 6.40. The van der Waals surface area contributed by atoms with E-state index in [1.54, 1.807) is 12.3 Å². The highest BCUT2D eigenvalue weighted by molar-refractivity contribution is 5.93. The number of carbonyl (C=O) groups excluding carboxylic acids is 1. The van der Waals surface area contributed by atoms with Crippen molar-refractivity contribution in [1.29, 1.82) is 0 Å². The Morgan fingerprint density at radius 3 is 2.89 bits per heavy atom. The number of pyridine rings is 1. The average molecular weight is 259 g/mol. The number of aliphatic hydroxyl groups is 1. The number of hydrazine groups is 1. The Morgan fingerprint density at radius 2 is 2.16 bits per heavy atom. The molecule has 19 heavy (non-hydrogen) atoms. The summed E-state index contributed by atoms with van der Waals surface area (Å²) < 4.78 is 0. The topological polar surface area (TPSA) is 65.5 Å². The standard InChI is InChI=1S/C14H17N3O2/c18-8-4-5-12-9-13(11-15-10-12)14(19)16-17-6-2-1-3-7-17/h9-11,18H,1-3,6-8H2,(H,16,19). The lowest BCUT2D eigenvalue weighted by atomic mass is 10.1. The Hall–Kier alpha value is -1.90. The highest BCUT2D eigenvalue weighted by atomic mass is 16.2. The summed E-state index contributed by atoms with van der Waals surface area (Å²) in [5, 5.41) is 10.6. The monoisotopic (exact) mass is 259 g/mol. The molecule has 0 saturated carbocycles. The minimum atomic E-state index is -0.204. The second kappa shape index (κ2) is 6.88. The zero-order valence-electron chi connectivity index (χ0n) is 10.7. The van der Waals surface area contributed by atoms with Gasteiger partial charge in [0, 0.05) is 31.0 Å². The number of amides is 1. The van der Waals surface area contributed by atoms with Crippen LogP contribution in [0, 0.1) is 11.8 Å². The summed E-state index contributed by atoms with van der Waals surface area (Å²) in [4.78, 5) is 16.0. The van der Waals surface area contributed by atoms with Gasteiger partial charge in [0.15, 0.2) is 0 Å². The molecule has 1 aromatic heterocycles. The summed E-state index contributed by atoms with van der Waals surface area (Å²) in [5.74, 6) is 5.11. The third-order valence-electron chi connectivity index (χ3n) is 2.93. The van der Waals surface area contributed by atoms with Crippen molar-refractivity contribution in [3.63, 3.8) is 0 Å². The van der Waals surface area contributed by atoms with E-state index in [9.17, 15) is 4.79 Å². The minimum absolute atomic E-state index is 0.165. The van der Waals surface area contributed by atoms with Gasteiger partial charge in [-0.25, -0.2) is 5.01 Å². The molecule has 5 nitrogen and oxygen atoms in total. The molecule has 1 aliphatic heterocycles. The van der Waals surface area contributed by atoms with E-state index in [4.69, 9.17) is 5.11 Å². The number of nitrogens with zero attached hydrogens (tertiary/aromatic N) is 2. The molecule has 1 aromatic rings. The van der Waals surface area contributed by atoms with Crippen molar-refractivity contribution in [2.45, 2.75) is 19.3 Å². The maximum atomic E-state index is 12.0. The maximum Gasteiger partial charge on any atom is 0.267 e. The number of nitrogens with one attached hydrogen (secondary N) is 1. The van der Waals surface area contributed by atoms with Crippen LogP contribution < -0.4 is 5.43 Å². The van der Waals surface area contributed by atoms with Crippen molar-refractivity contribution in [3.8, 4) is 11.8 Å². The van der Waals surface area contributed by atoms with Gasteiger partial charge in [-0.2, -0.15) is 0 Å². The number of hydrogen-bond acceptors (Lipinski definition) is 4. The Kier molecular flexibility index (Phi) is 4.90. The van der Waals surface area contributed by atoms with Gasteiger partial charge in [0.2, 0.25) is 0 Å². The van der Waals surface area contributed by atoms with Gasteiger partial charge < -0.3 is 5.11 Å². The number of rotatable bonds is 2. The molecule has 1 amide bonds. The van der Waals surface area contributed by atoms with Gasteiger partial charge in [-0.3, -0.25) is 15.2 Å². The molecule has 100 valence electrons. The van der Waals surface area contributed by atoms with Crippen molar-refractivity contribution >= 4 is 5.91 Å². The molecule has 2 rings (SSSR count). The zero-order valence-corrected chi connectivity index (χ0v) is 10.7. The van der Waals surface area contributed by atoms with Gasteiger partial charge in [-0.05, 0) is 18.9 Å². The minimum Gasteiger partial charge on any atom is -0.384 e. The summed E-state index contributed by atoms with van der Waals surface area (Å²) in [7, 11) is 0. The van der Waals surface area contributed by atoms with Crippen LogP contribution in [0.1, 0.15) is 35.2 Å². The summed E-state index contributed by atoms with van der Waals surface area (Å²) in [6.45, 7) is 1.58. The Bertz CT molecular complexity index is 499. The molecular formula is C14H17N3O2. The molecular weight excluding hydrogens is 242 g/mol. The van der Waals surface area contributed by atoms with Gasteiger partial charge in [-0.1, -0.05) is 18.3 Å². The fourth-order valence-corrected chi connectivity index (χ4v) is 1.99. The van der Waals surface area contributed by atoms with Gasteiger partial charge in [-0.15, -0.1) is 0 Å². The van der Waals surface area contributed by atoms with Gasteiger partial charge >= 0.3 is 0 Å². The second-order valence-corrected chi connectivity index (χ2v) is 4.41. The van der Waals surface area contributed by atoms with Crippen LogP contribution in [-0.4, -0.2) is 40.7 Å². The lowest BCUT2D eigenvalue weighted by molar-refractivity contribution is 0.0749. The van der Waals surface area contributed by atoms with Crippen molar-refractivity contribution in [3.05, 3.63) is 29.6 Å². The summed E-state index contributed by atoms with van der Waals surface area (Å²) in [6.07, 6.45) is 6.53. The molecule has 5 heteroatoms. The van der Waals surface area contributed by atoms with Crippen molar-refractivity contribution in [2.24, 2.45) is 0 Å². The maximum absolute atomic E-state index is 12.0. The highest BCUT2D eigenvalue weighted by Gasteiger charge is 2.14. The van der Waals surface area contributed by atoms with Crippen LogP contribution >= 0.6 is 0 Å². The van der Waals surface area contributed by atoms with E-state index in [0.717, 1.165) is 25.9 Å². The van der Waals surface area contributed by atoms with Gasteiger partial charge in [0.25, 0.3) is 5.91 Å². The molecule has 2 heterocycles. The Balaban J connectivity index is 2.01. The molecule has 0 aromatic carbocycles. The molecule has 0 spiro atoms. The van der Waals surface area contributed by atoms with Gasteiger partial charge in [0.1, 0.15) is 6.61 Å². The summed E-state index contributed by atoms with van der Waals surface area (Å²) >= 11 is 0. The first kappa shape index (κ1) is 13.5. The van der Waals surface area contributed by atoms with Crippen LogP contribution in [0.25, 0.3) is 0 Å². The fourth-order valence-electron chi connectivity index (χ4n) is 1.99. The van der Waals surface area contributed by atoms with E-state index >= 15 is 0 Å². The zero-order chi connectivity index (χ0) is 13.5. The SMILES string of the molecule is O=C(NN1CCCCC1)c1cncc(C#CCO)c1. The molecule has 0 unspecified atom stereocenters. The highest BCUT2D eigenvalue weighted by Crippen LogP contribution is 2.07. The first-order valence-corrected chi connectivity index (χ1v) is 6.40. The molecule has 0 atom stereocenters. The largest absolute Gasteiger partial charge is 0.384 e. The lowest BCUT2D eigenvalue weighted by Gasteiger charge is -2.26. The van der Waals surface area contributed by atoms with Crippen molar-refractivity contribution in [2.75, 3.05) is 19.7 Å². The molecule has 0 aliphatic carbocycles. The molecule has 1 saturated heterocycles. The van der Waals surface area contributed by atoms with E-state index in [1.807, 2.05) is 5.01 Å². The number of aliphatic hydroxyl groups excluding tert-OH is 1. The summed E-state index contributed by atoms with van der Waals surface area (Å²) in [5.41, 5.74) is 3.98. The van der Waals surface area contributed by atoms with Crippen LogP contribution in [0.4, 0.5) is 0 Å². The van der Waals surface area contributed by atoms with E-state index in [2.05, 4.69) is 22.3 Å². The predicted molar refractivity (Wildman–Crippen MR) is 71.1 cm³/mol. The quantitative estimate of drug-likeness (QED) is 0.762. The van der Waals surface area contributed by atoms with Crippen LogP contribution in [0.15, 0.2) is 18.5 Å². The van der Waals surface area contributed by atoms with Crippen LogP contribution in [0.2, 0.25) is 0 Å². The fraction of sp³-hybridized carbons (Fsp3) is 0.429. The number of aromatic nitrogens is 1. The Labute approximate surface area is 112 Å². The van der Waals surface area contributed by atoms with Crippen LogP contribution in [0.5, 0.6) is 0 Å². The number of piperidine rings is 1. The third kappa shape index (κ3) is 4.05. The smallest absolute Gasteiger partial charge is 0.267 e. The van der Waals surface area contributed by atoms with Gasteiger partial charge in [0.05, 0.1) is 5.56 Å². The molecule has 1 aliphatic rings. The lowest BCUT2D eigenvalue weighted by Crippen LogP contribution is -2.45. The number of hydrogen-bond donors (Lipinski definition) is 2. The first-order chi connectivity index (χ1) is 9.29. The molecule has 2 N–H and O–H groups in total. The second-order valence-electron chi connectivity index (χ2n) is 4.41. The molecule has 0 bridgehead atoms. The van der Waals surface area contributed by atoms with E-state index < -0.39 is 0 Å². The molecule has 1 fully saturated rings. The van der Waals surface area contributed by atoms with Crippen LogP contribution in [-0.2, 0) is 0 Å². The normalized spacial score (nSPS) is 15.4. The van der Waals surface area contributed by atoms with Crippen molar-refractivity contribution < 1.29 is 9.90 Å². The summed E-state index contributed by atoms with van der Waals surface area (Å²) in [6, 6.07) is 1.68. The van der Waals surface area contributed by atoms with E-state index in [0.29, 0.717) is 11.1 Å². The van der Waals surface area contributed by atoms with E-state index in [-0.39, 0.29) is 12.5 Å². The van der Waals surface area contributed by atoms with E-state index in [1.165, 1.54) is 12.6 Å². The Morgan fingerprint density at radius 1 is 1.37 bits per heavy atom. The van der Waals surface area contributed by atoms with Crippen LogP contribution in [0.3, 0.4) is 0 Å². The number of carbonyl (C=O) groups is 1. The predicted octanol–water partition coefficient (Wildman–Crippen LogP) is 0.556. The third-order valence-corrected chi connectivity index (χ3v) is 2.93. The average Bonchev–Trinajstić information content (AvgIpc) is 2.46. The molecule has 0 radical (unpaired) electrons.